The average Bonchev–Trinajstić information content (AvgIpc) is 2.54. The third-order valence-corrected chi connectivity index (χ3v) is 4.42. The van der Waals surface area contributed by atoms with Gasteiger partial charge in [-0.25, -0.2) is 0 Å². The zero-order chi connectivity index (χ0) is 16.5. The Morgan fingerprint density at radius 2 is 1.04 bits per heavy atom. The first-order valence-electron chi connectivity index (χ1n) is 8.88. The summed E-state index contributed by atoms with van der Waals surface area (Å²) in [6.07, 6.45) is 4.80. The minimum absolute atomic E-state index is 0.243. The summed E-state index contributed by atoms with van der Waals surface area (Å²) in [6, 6.07) is 21.7. The van der Waals surface area contributed by atoms with Crippen LogP contribution in [0.1, 0.15) is 44.7 Å². The fourth-order valence-corrected chi connectivity index (χ4v) is 3.02. The molecule has 124 valence electrons. The fourth-order valence-electron chi connectivity index (χ4n) is 3.02. The van der Waals surface area contributed by atoms with Crippen molar-refractivity contribution < 1.29 is 0 Å². The Hall–Kier alpha value is -1.60. The molecule has 23 heavy (non-hydrogen) atoms. The Balaban J connectivity index is 1.78. The van der Waals surface area contributed by atoms with E-state index in [1.807, 2.05) is 0 Å². The Labute approximate surface area is 142 Å². The molecule has 0 fully saturated rings. The minimum atomic E-state index is 0.243. The number of rotatable bonds is 8. The summed E-state index contributed by atoms with van der Waals surface area (Å²) < 4.78 is 0. The van der Waals surface area contributed by atoms with Crippen molar-refractivity contribution in [2.45, 2.75) is 52.0 Å². The normalized spacial score (nSPS) is 11.8. The third-order valence-electron chi connectivity index (χ3n) is 4.42. The van der Waals surface area contributed by atoms with Crippen molar-refractivity contribution in [1.29, 1.82) is 0 Å². The van der Waals surface area contributed by atoms with Gasteiger partial charge in [-0.1, -0.05) is 60.7 Å². The predicted molar refractivity (Wildman–Crippen MR) is 101 cm³/mol. The molecule has 0 N–H and O–H groups in total. The van der Waals surface area contributed by atoms with Crippen LogP contribution in [0, 0.1) is 0 Å². The fraction of sp³-hybridized carbons (Fsp3) is 0.455. The lowest BCUT2D eigenvalue weighted by Gasteiger charge is -2.36. The van der Waals surface area contributed by atoms with Crippen LogP contribution in [0.5, 0.6) is 0 Å². The second-order valence-corrected chi connectivity index (χ2v) is 7.34. The van der Waals surface area contributed by atoms with Crippen LogP contribution in [0.4, 0.5) is 0 Å². The van der Waals surface area contributed by atoms with Gasteiger partial charge in [-0.15, -0.1) is 0 Å². The van der Waals surface area contributed by atoms with Gasteiger partial charge in [0.15, 0.2) is 0 Å². The SMILES string of the molecule is CC(C)(C)N(CCCc1ccccc1)CCCc1ccccc1. The summed E-state index contributed by atoms with van der Waals surface area (Å²) in [7, 11) is 0. The van der Waals surface area contributed by atoms with E-state index >= 15 is 0 Å². The number of hydrogen-bond acceptors (Lipinski definition) is 1. The van der Waals surface area contributed by atoms with Gasteiger partial charge in [0, 0.05) is 5.54 Å². The highest BCUT2D eigenvalue weighted by molar-refractivity contribution is 5.15. The van der Waals surface area contributed by atoms with Crippen LogP contribution in [0.25, 0.3) is 0 Å². The van der Waals surface area contributed by atoms with Gasteiger partial charge >= 0.3 is 0 Å². The first kappa shape index (κ1) is 17.7. The Bertz CT molecular complexity index is 494. The molecule has 0 aliphatic heterocycles. The Morgan fingerprint density at radius 3 is 1.39 bits per heavy atom. The van der Waals surface area contributed by atoms with Crippen molar-refractivity contribution in [3.8, 4) is 0 Å². The van der Waals surface area contributed by atoms with E-state index in [1.54, 1.807) is 0 Å². The molecular formula is C22H31N. The summed E-state index contributed by atoms with van der Waals surface area (Å²) in [5, 5.41) is 0. The van der Waals surface area contributed by atoms with E-state index in [4.69, 9.17) is 0 Å². The standard InChI is InChI=1S/C22H31N/c1-22(2,3)23(18-10-16-20-12-6-4-7-13-20)19-11-17-21-14-8-5-9-15-21/h4-9,12-15H,10-11,16-19H2,1-3H3. The molecule has 0 saturated heterocycles. The van der Waals surface area contributed by atoms with Gasteiger partial charge in [-0.3, -0.25) is 4.90 Å². The second-order valence-electron chi connectivity index (χ2n) is 7.34. The Kier molecular flexibility index (Phi) is 6.85. The molecule has 2 rings (SSSR count). The lowest BCUT2D eigenvalue weighted by atomic mass is 10.0. The van der Waals surface area contributed by atoms with E-state index in [1.165, 1.54) is 49.9 Å². The summed E-state index contributed by atoms with van der Waals surface area (Å²) in [5.74, 6) is 0. The van der Waals surface area contributed by atoms with E-state index in [-0.39, 0.29) is 5.54 Å². The van der Waals surface area contributed by atoms with Gasteiger partial charge in [0.25, 0.3) is 0 Å². The maximum absolute atomic E-state index is 2.64. The van der Waals surface area contributed by atoms with Crippen molar-refractivity contribution in [1.82, 2.24) is 4.90 Å². The van der Waals surface area contributed by atoms with Crippen LogP contribution >= 0.6 is 0 Å². The molecule has 0 aromatic heterocycles. The van der Waals surface area contributed by atoms with Crippen LogP contribution in [0.2, 0.25) is 0 Å². The van der Waals surface area contributed by atoms with E-state index < -0.39 is 0 Å². The molecule has 0 aliphatic rings. The first-order chi connectivity index (χ1) is 11.1. The molecule has 0 heterocycles. The van der Waals surface area contributed by atoms with Gasteiger partial charge in [-0.2, -0.15) is 0 Å². The molecule has 0 saturated carbocycles. The summed E-state index contributed by atoms with van der Waals surface area (Å²) in [5.41, 5.74) is 3.14. The quantitative estimate of drug-likeness (QED) is 0.635. The highest BCUT2D eigenvalue weighted by atomic mass is 15.2. The smallest absolute Gasteiger partial charge is 0.0125 e. The number of aryl methyl sites for hydroxylation is 2. The topological polar surface area (TPSA) is 3.24 Å². The molecule has 0 radical (unpaired) electrons. The van der Waals surface area contributed by atoms with Crippen molar-refractivity contribution in [2.75, 3.05) is 13.1 Å². The lowest BCUT2D eigenvalue weighted by molar-refractivity contribution is 0.133. The zero-order valence-electron chi connectivity index (χ0n) is 15.0. The van der Waals surface area contributed by atoms with E-state index in [9.17, 15) is 0 Å². The Morgan fingerprint density at radius 1 is 0.652 bits per heavy atom. The van der Waals surface area contributed by atoms with E-state index in [2.05, 4.69) is 86.3 Å². The second kappa shape index (κ2) is 8.88. The van der Waals surface area contributed by atoms with Crippen LogP contribution in [-0.2, 0) is 12.8 Å². The van der Waals surface area contributed by atoms with Crippen LogP contribution < -0.4 is 0 Å². The zero-order valence-corrected chi connectivity index (χ0v) is 15.0. The molecule has 1 nitrogen and oxygen atoms in total. The van der Waals surface area contributed by atoms with Gasteiger partial charge < -0.3 is 0 Å². The molecule has 0 bridgehead atoms. The van der Waals surface area contributed by atoms with Gasteiger partial charge in [0.1, 0.15) is 0 Å². The third kappa shape index (κ3) is 6.58. The number of nitrogens with zero attached hydrogens (tertiary/aromatic N) is 1. The van der Waals surface area contributed by atoms with Crippen LogP contribution in [0.3, 0.4) is 0 Å². The first-order valence-corrected chi connectivity index (χ1v) is 8.88. The van der Waals surface area contributed by atoms with Crippen LogP contribution in [0.15, 0.2) is 60.7 Å². The molecule has 2 aromatic rings. The maximum Gasteiger partial charge on any atom is 0.0125 e. The minimum Gasteiger partial charge on any atom is -0.298 e. The summed E-state index contributed by atoms with van der Waals surface area (Å²) in [6.45, 7) is 9.34. The summed E-state index contributed by atoms with van der Waals surface area (Å²) >= 11 is 0. The average molecular weight is 309 g/mol. The molecule has 2 aromatic carbocycles. The highest BCUT2D eigenvalue weighted by Crippen LogP contribution is 2.16. The van der Waals surface area contributed by atoms with Crippen molar-refractivity contribution in [3.05, 3.63) is 71.8 Å². The molecule has 0 aliphatic carbocycles. The van der Waals surface area contributed by atoms with Crippen LogP contribution in [-0.4, -0.2) is 23.5 Å². The monoisotopic (exact) mass is 309 g/mol. The number of benzene rings is 2. The van der Waals surface area contributed by atoms with E-state index in [0.717, 1.165) is 0 Å². The van der Waals surface area contributed by atoms with Crippen molar-refractivity contribution in [2.24, 2.45) is 0 Å². The van der Waals surface area contributed by atoms with Gasteiger partial charge in [-0.05, 0) is 70.7 Å². The summed E-state index contributed by atoms with van der Waals surface area (Å²) in [4.78, 5) is 2.64. The van der Waals surface area contributed by atoms with E-state index in [0.29, 0.717) is 0 Å². The molecule has 0 spiro atoms. The van der Waals surface area contributed by atoms with Gasteiger partial charge in [0.2, 0.25) is 0 Å². The number of hydrogen-bond donors (Lipinski definition) is 0. The van der Waals surface area contributed by atoms with Gasteiger partial charge in [0.05, 0.1) is 0 Å². The lowest BCUT2D eigenvalue weighted by Crippen LogP contribution is -2.42. The largest absolute Gasteiger partial charge is 0.298 e. The maximum atomic E-state index is 2.64. The van der Waals surface area contributed by atoms with Crippen molar-refractivity contribution in [3.63, 3.8) is 0 Å². The highest BCUT2D eigenvalue weighted by Gasteiger charge is 2.20. The molecule has 0 unspecified atom stereocenters. The molecule has 0 amide bonds. The molecule has 1 heteroatoms. The molecule has 0 atom stereocenters. The molecular weight excluding hydrogens is 278 g/mol. The predicted octanol–water partition coefficient (Wildman–Crippen LogP) is 5.35. The van der Waals surface area contributed by atoms with Crippen molar-refractivity contribution >= 4 is 0 Å².